The molecule has 0 fully saturated rings. The first-order valence-corrected chi connectivity index (χ1v) is 19.0. The normalized spacial score (nSPS) is 13.0. The molecule has 0 saturated carbocycles. The van der Waals surface area contributed by atoms with E-state index in [2.05, 4.69) is 23.7 Å². The number of aromatic nitrogens is 2. The Labute approximate surface area is 272 Å². The van der Waals surface area contributed by atoms with E-state index < -0.39 is 86.3 Å². The molecule has 0 saturated heterocycles. The summed E-state index contributed by atoms with van der Waals surface area (Å²) in [6.45, 7) is -0.881. The van der Waals surface area contributed by atoms with Crippen LogP contribution in [-0.4, -0.2) is 88.9 Å². The van der Waals surface area contributed by atoms with Gasteiger partial charge in [-0.05, 0) is 47.7 Å². The quantitative estimate of drug-likeness (QED) is 0.0812. The summed E-state index contributed by atoms with van der Waals surface area (Å²) in [5, 5.41) is 19.6. The highest BCUT2D eigenvalue weighted by molar-refractivity contribution is 7.91. The number of benzene rings is 3. The Morgan fingerprint density at radius 3 is 2.15 bits per heavy atom. The minimum atomic E-state index is -5.00. The molecule has 0 unspecified atom stereocenters. The molecule has 0 aliphatic heterocycles. The highest BCUT2D eigenvalue weighted by atomic mass is 32.3. The Kier molecular flexibility index (Phi) is 10.4. The van der Waals surface area contributed by atoms with Gasteiger partial charge in [-0.25, -0.2) is 22.1 Å². The van der Waals surface area contributed by atoms with Crippen LogP contribution in [0.15, 0.2) is 79.4 Å². The minimum absolute atomic E-state index is 0.0249. The lowest BCUT2D eigenvalue weighted by Crippen LogP contribution is -2.16. The number of aromatic carboxylic acids is 1. The zero-order valence-corrected chi connectivity index (χ0v) is 27.5. The number of carboxylic acids is 1. The Morgan fingerprint density at radius 1 is 0.896 bits per heavy atom. The lowest BCUT2D eigenvalue weighted by atomic mass is 10.0. The summed E-state index contributed by atoms with van der Waals surface area (Å²) in [5.74, 6) is -2.86. The number of carbonyl (C=O) groups is 1. The summed E-state index contributed by atoms with van der Waals surface area (Å²) in [4.78, 5) is 24.1. The molecule has 4 rings (SSSR count). The minimum Gasteiger partial charge on any atom is -0.476 e. The molecule has 1 aromatic heterocycles. The largest absolute Gasteiger partial charge is 0.476 e. The standard InChI is InChI=1S/C25H24N4O15S4/c1-43-46(35,36)12-10-15-2-8-19-16(14-15)3-9-20(23(19)47(37,38)39)26-27-21-22(25(31)32)28-29(24(21)30)17-4-6-18(7-5-17)45(33,34)13-11-44-48(40,41)42/h2-9,14,28H,10-13H2,1H3,(H,31,32)(H,37,38,39)(H,40,41,42). The fourth-order valence-electron chi connectivity index (χ4n) is 4.30. The van der Waals surface area contributed by atoms with E-state index in [0.717, 1.165) is 37.4 Å². The van der Waals surface area contributed by atoms with Crippen LogP contribution in [0.4, 0.5) is 11.4 Å². The van der Waals surface area contributed by atoms with Gasteiger partial charge in [0.15, 0.2) is 21.2 Å². The van der Waals surface area contributed by atoms with Crippen molar-refractivity contribution >= 4 is 68.6 Å². The number of carboxylic acid groups (broad SMARTS) is 1. The second-order valence-electron chi connectivity index (χ2n) is 9.67. The summed E-state index contributed by atoms with van der Waals surface area (Å²) in [6.07, 6.45) is 0.0249. The molecule has 0 atom stereocenters. The third kappa shape index (κ3) is 8.56. The van der Waals surface area contributed by atoms with Crippen LogP contribution in [0.25, 0.3) is 16.5 Å². The van der Waals surface area contributed by atoms with Crippen LogP contribution in [0, 0.1) is 0 Å². The lowest BCUT2D eigenvalue weighted by molar-refractivity contribution is 0.0690. The SMILES string of the molecule is COS(=O)(=O)CCc1ccc2c(S(=O)(=O)O)c(N=Nc3c(C(=O)O)[nH]n(-c4ccc(S(=O)(=O)CCOS(=O)(=O)O)cc4)c3=O)ccc2c1. The smallest absolute Gasteiger partial charge is 0.397 e. The number of nitrogens with one attached hydrogen (secondary N) is 1. The maximum atomic E-state index is 13.2. The van der Waals surface area contributed by atoms with Gasteiger partial charge < -0.3 is 5.11 Å². The number of azo groups is 1. The second-order valence-corrected chi connectivity index (χ2v) is 16.1. The summed E-state index contributed by atoms with van der Waals surface area (Å²) in [5.41, 5.74) is -2.73. The first kappa shape index (κ1) is 36.5. The second kappa shape index (κ2) is 13.6. The first-order chi connectivity index (χ1) is 22.2. The van der Waals surface area contributed by atoms with Crippen molar-refractivity contribution in [3.8, 4) is 5.69 Å². The predicted octanol–water partition coefficient (Wildman–Crippen LogP) is 1.79. The molecule has 0 aliphatic rings. The van der Waals surface area contributed by atoms with Crippen molar-refractivity contribution in [3.63, 3.8) is 0 Å². The molecular formula is C25H24N4O15S4. The zero-order valence-electron chi connectivity index (χ0n) is 24.2. The molecule has 0 radical (unpaired) electrons. The summed E-state index contributed by atoms with van der Waals surface area (Å²) < 4.78 is 122. The molecule has 0 spiro atoms. The number of rotatable bonds is 14. The van der Waals surface area contributed by atoms with Gasteiger partial charge in [0.25, 0.3) is 25.8 Å². The fraction of sp³-hybridized carbons (Fsp3) is 0.200. The number of hydrogen-bond donors (Lipinski definition) is 4. The first-order valence-electron chi connectivity index (χ1n) is 13.0. The maximum absolute atomic E-state index is 13.2. The summed E-state index contributed by atoms with van der Waals surface area (Å²) >= 11 is 0. The number of H-pyrrole nitrogens is 1. The topological polar surface area (TPSA) is 295 Å². The highest BCUT2D eigenvalue weighted by Crippen LogP contribution is 2.34. The summed E-state index contributed by atoms with van der Waals surface area (Å²) in [7, 11) is -16.7. The van der Waals surface area contributed by atoms with Crippen molar-refractivity contribution < 1.29 is 61.0 Å². The lowest BCUT2D eigenvalue weighted by Gasteiger charge is -2.09. The van der Waals surface area contributed by atoms with E-state index in [0.29, 0.717) is 10.2 Å². The van der Waals surface area contributed by atoms with Gasteiger partial charge in [-0.2, -0.15) is 25.3 Å². The van der Waals surface area contributed by atoms with Gasteiger partial charge in [-0.15, -0.1) is 10.2 Å². The molecule has 0 amide bonds. The van der Waals surface area contributed by atoms with E-state index in [1.54, 1.807) is 0 Å². The van der Waals surface area contributed by atoms with Crippen molar-refractivity contribution in [1.29, 1.82) is 0 Å². The van der Waals surface area contributed by atoms with Crippen LogP contribution in [0.1, 0.15) is 16.1 Å². The van der Waals surface area contributed by atoms with Crippen molar-refractivity contribution in [1.82, 2.24) is 9.78 Å². The molecule has 0 bridgehead atoms. The highest BCUT2D eigenvalue weighted by Gasteiger charge is 2.24. The third-order valence-electron chi connectivity index (χ3n) is 6.54. The van der Waals surface area contributed by atoms with Crippen molar-refractivity contribution in [3.05, 3.63) is 76.2 Å². The molecule has 1 heterocycles. The van der Waals surface area contributed by atoms with Gasteiger partial charge in [-0.1, -0.05) is 24.3 Å². The van der Waals surface area contributed by atoms with E-state index in [9.17, 15) is 52.9 Å². The Morgan fingerprint density at radius 2 is 1.56 bits per heavy atom. The average Bonchev–Trinajstić information content (AvgIpc) is 3.33. The van der Waals surface area contributed by atoms with Crippen LogP contribution in [0.5, 0.6) is 0 Å². The van der Waals surface area contributed by atoms with Crippen molar-refractivity contribution in [2.45, 2.75) is 16.2 Å². The van der Waals surface area contributed by atoms with Crippen LogP contribution in [-0.2, 0) is 55.3 Å². The molecular weight excluding hydrogens is 725 g/mol. The molecule has 19 nitrogen and oxygen atoms in total. The monoisotopic (exact) mass is 748 g/mol. The van der Waals surface area contributed by atoms with Crippen LogP contribution in [0.2, 0.25) is 0 Å². The Hall–Kier alpha value is -4.36. The molecule has 4 N–H and O–H groups in total. The van der Waals surface area contributed by atoms with Crippen molar-refractivity contribution in [2.24, 2.45) is 10.2 Å². The van der Waals surface area contributed by atoms with Crippen molar-refractivity contribution in [2.75, 3.05) is 25.2 Å². The number of aromatic amines is 1. The Balaban J connectivity index is 1.70. The van der Waals surface area contributed by atoms with Gasteiger partial charge in [-0.3, -0.25) is 23.2 Å². The zero-order chi connectivity index (χ0) is 35.7. The van der Waals surface area contributed by atoms with Gasteiger partial charge >= 0.3 is 16.4 Å². The van der Waals surface area contributed by atoms with Crippen LogP contribution in [0.3, 0.4) is 0 Å². The predicted molar refractivity (Wildman–Crippen MR) is 165 cm³/mol. The number of nitrogens with zero attached hydrogens (tertiary/aromatic N) is 3. The maximum Gasteiger partial charge on any atom is 0.397 e. The summed E-state index contributed by atoms with van der Waals surface area (Å²) in [6, 6.07) is 11.0. The fourth-order valence-corrected chi connectivity index (χ4v) is 7.27. The van der Waals surface area contributed by atoms with Gasteiger partial charge in [0, 0.05) is 5.39 Å². The molecule has 4 aromatic rings. The number of hydrogen-bond acceptors (Lipinski definition) is 14. The van der Waals surface area contributed by atoms with Crippen LogP contribution < -0.4 is 5.56 Å². The average molecular weight is 749 g/mol. The third-order valence-corrected chi connectivity index (χ3v) is 10.9. The van der Waals surface area contributed by atoms with E-state index in [4.69, 9.17) is 4.55 Å². The van der Waals surface area contributed by atoms with E-state index in [-0.39, 0.29) is 33.5 Å². The van der Waals surface area contributed by atoms with Gasteiger partial charge in [0.1, 0.15) is 10.6 Å². The molecule has 23 heteroatoms. The number of fused-ring (bicyclic) bond motifs is 1. The van der Waals surface area contributed by atoms with Gasteiger partial charge in [0.05, 0.1) is 35.8 Å². The molecule has 48 heavy (non-hydrogen) atoms. The number of aryl methyl sites for hydroxylation is 1. The van der Waals surface area contributed by atoms with E-state index in [1.807, 2.05) is 0 Å². The molecule has 258 valence electrons. The molecule has 3 aromatic carbocycles. The molecule has 0 aliphatic carbocycles. The van der Waals surface area contributed by atoms with E-state index in [1.165, 1.54) is 24.3 Å². The number of sulfone groups is 1. The van der Waals surface area contributed by atoms with E-state index >= 15 is 0 Å². The Bertz CT molecular complexity index is 2430. The van der Waals surface area contributed by atoms with Crippen LogP contribution >= 0.6 is 0 Å². The van der Waals surface area contributed by atoms with Gasteiger partial charge in [0.2, 0.25) is 0 Å².